The third-order valence-corrected chi connectivity index (χ3v) is 4.48. The lowest BCUT2D eigenvalue weighted by Crippen LogP contribution is -2.02. The molecule has 9 nitrogen and oxygen atoms in total. The van der Waals surface area contributed by atoms with Crippen molar-refractivity contribution >= 4 is 21.6 Å². The number of ether oxygens (including phenoxy) is 1. The van der Waals surface area contributed by atoms with Gasteiger partial charge >= 0.3 is 21.6 Å². The molecular formula is C11H22O9P2. The highest BCUT2D eigenvalue weighted by atomic mass is 31.3. The molecule has 0 aromatic carbocycles. The number of carbonyl (C=O) groups is 1. The molecule has 1 atom stereocenters. The molecule has 0 aliphatic carbocycles. The fourth-order valence-electron chi connectivity index (χ4n) is 1.43. The van der Waals surface area contributed by atoms with E-state index in [1.807, 2.05) is 0 Å². The molecule has 0 rings (SSSR count). The number of hydrogen-bond donors (Lipinski definition) is 3. The molecule has 1 unspecified atom stereocenters. The predicted molar refractivity (Wildman–Crippen MR) is 77.8 cm³/mol. The number of esters is 1. The van der Waals surface area contributed by atoms with Crippen molar-refractivity contribution in [3.63, 3.8) is 0 Å². The molecule has 0 fully saturated rings. The first-order chi connectivity index (χ1) is 10.2. The van der Waals surface area contributed by atoms with Crippen LogP contribution in [-0.4, -0.2) is 33.9 Å². The van der Waals surface area contributed by atoms with Crippen LogP contribution in [0.5, 0.6) is 0 Å². The van der Waals surface area contributed by atoms with Gasteiger partial charge in [0.25, 0.3) is 0 Å². The van der Waals surface area contributed by atoms with Crippen molar-refractivity contribution in [2.24, 2.45) is 0 Å². The Kier molecular flexibility index (Phi) is 10.8. The Balaban J connectivity index is 3.53. The van der Waals surface area contributed by atoms with Crippen LogP contribution in [-0.2, 0) is 27.5 Å². The summed E-state index contributed by atoms with van der Waals surface area (Å²) in [4.78, 5) is 36.7. The average Bonchev–Trinajstić information content (AvgIpc) is 2.34. The normalized spacial score (nSPS) is 14.9. The maximum absolute atomic E-state index is 11.1. The van der Waals surface area contributed by atoms with E-state index >= 15 is 0 Å². The Hall–Kier alpha value is -0.530. The van der Waals surface area contributed by atoms with E-state index in [0.717, 1.165) is 12.8 Å². The minimum absolute atomic E-state index is 0.149. The Labute approximate surface area is 129 Å². The standard InChI is InChI=1S/C11H22O9P2/c1-2-8-11(12)18-9-6-4-3-5-7-10-19-22(16,17)20-21(13,14)15/h2,8H,3-7,9-10H2,1H3,(H,16,17)(H2,13,14,15). The zero-order chi connectivity index (χ0) is 17.1. The molecule has 0 amide bonds. The number of rotatable bonds is 12. The molecule has 0 saturated carbocycles. The van der Waals surface area contributed by atoms with Gasteiger partial charge < -0.3 is 19.4 Å². The van der Waals surface area contributed by atoms with Gasteiger partial charge in [-0.1, -0.05) is 25.3 Å². The molecule has 0 aliphatic heterocycles. The Bertz CT molecular complexity index is 443. The quantitative estimate of drug-likeness (QED) is 0.207. The first-order valence-corrected chi connectivity index (χ1v) is 9.72. The van der Waals surface area contributed by atoms with Crippen LogP contribution in [0, 0.1) is 0 Å². The first-order valence-electron chi connectivity index (χ1n) is 6.70. The van der Waals surface area contributed by atoms with E-state index in [1.165, 1.54) is 6.08 Å². The van der Waals surface area contributed by atoms with E-state index in [0.29, 0.717) is 25.9 Å². The molecule has 130 valence electrons. The number of unbranched alkanes of at least 4 members (excludes halogenated alkanes) is 4. The monoisotopic (exact) mass is 360 g/mol. The zero-order valence-corrected chi connectivity index (χ0v) is 14.1. The van der Waals surface area contributed by atoms with Gasteiger partial charge in [0.2, 0.25) is 0 Å². The van der Waals surface area contributed by atoms with Crippen LogP contribution >= 0.6 is 15.6 Å². The summed E-state index contributed by atoms with van der Waals surface area (Å²) in [6.07, 6.45) is 6.40. The molecule has 22 heavy (non-hydrogen) atoms. The van der Waals surface area contributed by atoms with Gasteiger partial charge in [-0.05, 0) is 19.8 Å². The highest BCUT2D eigenvalue weighted by molar-refractivity contribution is 7.60. The molecule has 0 bridgehead atoms. The summed E-state index contributed by atoms with van der Waals surface area (Å²) < 4.78 is 34.4. The lowest BCUT2D eigenvalue weighted by Gasteiger charge is -2.12. The molecule has 0 aliphatic rings. The van der Waals surface area contributed by atoms with Crippen LogP contribution in [0.25, 0.3) is 0 Å². The van der Waals surface area contributed by atoms with Crippen molar-refractivity contribution in [1.29, 1.82) is 0 Å². The summed E-state index contributed by atoms with van der Waals surface area (Å²) in [6, 6.07) is 0. The Morgan fingerprint density at radius 1 is 1.00 bits per heavy atom. The minimum Gasteiger partial charge on any atom is -0.463 e. The number of hydrogen-bond acceptors (Lipinski definition) is 6. The van der Waals surface area contributed by atoms with Gasteiger partial charge in [0.1, 0.15) is 0 Å². The highest BCUT2D eigenvalue weighted by Crippen LogP contribution is 2.57. The van der Waals surface area contributed by atoms with E-state index in [1.54, 1.807) is 13.0 Å². The highest BCUT2D eigenvalue weighted by Gasteiger charge is 2.31. The van der Waals surface area contributed by atoms with Crippen molar-refractivity contribution < 1.29 is 42.2 Å². The Morgan fingerprint density at radius 3 is 2.09 bits per heavy atom. The van der Waals surface area contributed by atoms with E-state index in [2.05, 4.69) is 8.83 Å². The maximum Gasteiger partial charge on any atom is 0.481 e. The van der Waals surface area contributed by atoms with Gasteiger partial charge in [-0.3, -0.25) is 4.52 Å². The molecule has 0 aromatic heterocycles. The molecule has 0 radical (unpaired) electrons. The van der Waals surface area contributed by atoms with Gasteiger partial charge in [-0.15, -0.1) is 0 Å². The lowest BCUT2D eigenvalue weighted by atomic mass is 10.1. The number of phosphoric acid groups is 2. The molecule has 0 saturated heterocycles. The minimum atomic E-state index is -5.06. The molecule has 3 N–H and O–H groups in total. The average molecular weight is 360 g/mol. The second-order valence-corrected chi connectivity index (χ2v) is 7.14. The number of carbonyl (C=O) groups excluding carboxylic acids is 1. The van der Waals surface area contributed by atoms with Gasteiger partial charge in [0.15, 0.2) is 0 Å². The van der Waals surface area contributed by atoms with Gasteiger partial charge in [0, 0.05) is 6.08 Å². The van der Waals surface area contributed by atoms with Crippen molar-refractivity contribution in [3.05, 3.63) is 12.2 Å². The van der Waals surface area contributed by atoms with Gasteiger partial charge in [-0.25, -0.2) is 13.9 Å². The summed E-state index contributed by atoms with van der Waals surface area (Å²) in [5.41, 5.74) is 0. The summed E-state index contributed by atoms with van der Waals surface area (Å²) in [5.74, 6) is -0.375. The number of phosphoric ester groups is 1. The summed E-state index contributed by atoms with van der Waals surface area (Å²) in [5, 5.41) is 0. The topological polar surface area (TPSA) is 140 Å². The van der Waals surface area contributed by atoms with E-state index in [4.69, 9.17) is 19.4 Å². The van der Waals surface area contributed by atoms with Gasteiger partial charge in [-0.2, -0.15) is 4.31 Å². The van der Waals surface area contributed by atoms with Gasteiger partial charge in [0.05, 0.1) is 13.2 Å². The van der Waals surface area contributed by atoms with E-state index in [-0.39, 0.29) is 12.6 Å². The third-order valence-electron chi connectivity index (χ3n) is 2.30. The fraction of sp³-hybridized carbons (Fsp3) is 0.727. The first kappa shape index (κ1) is 21.5. The van der Waals surface area contributed by atoms with Crippen LogP contribution < -0.4 is 0 Å². The molecule has 0 heterocycles. The fourth-order valence-corrected chi connectivity index (χ4v) is 3.05. The molecular weight excluding hydrogens is 338 g/mol. The van der Waals surface area contributed by atoms with Crippen LogP contribution in [0.4, 0.5) is 0 Å². The summed E-state index contributed by atoms with van der Waals surface area (Å²) >= 11 is 0. The summed E-state index contributed by atoms with van der Waals surface area (Å²) in [7, 11) is -9.78. The molecule has 0 aromatic rings. The van der Waals surface area contributed by atoms with Crippen LogP contribution in [0.2, 0.25) is 0 Å². The Morgan fingerprint density at radius 2 is 1.55 bits per heavy atom. The maximum atomic E-state index is 11.1. The lowest BCUT2D eigenvalue weighted by molar-refractivity contribution is -0.137. The van der Waals surface area contributed by atoms with E-state index < -0.39 is 15.6 Å². The second-order valence-electron chi connectivity index (χ2n) is 4.31. The predicted octanol–water partition coefficient (Wildman–Crippen LogP) is 2.28. The largest absolute Gasteiger partial charge is 0.481 e. The third kappa shape index (κ3) is 14.4. The van der Waals surface area contributed by atoms with Crippen molar-refractivity contribution in [2.75, 3.05) is 13.2 Å². The number of allylic oxidation sites excluding steroid dienone is 1. The van der Waals surface area contributed by atoms with Crippen molar-refractivity contribution in [2.45, 2.75) is 39.0 Å². The SMILES string of the molecule is CC=CC(=O)OCCCCCCCOP(=O)(O)OP(=O)(O)O. The summed E-state index contributed by atoms with van der Waals surface area (Å²) in [6.45, 7) is 1.91. The molecule has 11 heteroatoms. The van der Waals surface area contributed by atoms with Crippen LogP contribution in [0.15, 0.2) is 12.2 Å². The smallest absolute Gasteiger partial charge is 0.463 e. The van der Waals surface area contributed by atoms with Crippen LogP contribution in [0.1, 0.15) is 39.0 Å². The zero-order valence-electron chi connectivity index (χ0n) is 12.3. The second kappa shape index (κ2) is 11.1. The molecule has 0 spiro atoms. The van der Waals surface area contributed by atoms with Crippen molar-refractivity contribution in [1.82, 2.24) is 0 Å². The van der Waals surface area contributed by atoms with Crippen molar-refractivity contribution in [3.8, 4) is 0 Å². The van der Waals surface area contributed by atoms with Crippen LogP contribution in [0.3, 0.4) is 0 Å². The van der Waals surface area contributed by atoms with E-state index in [9.17, 15) is 13.9 Å².